The highest BCUT2D eigenvalue weighted by Crippen LogP contribution is 2.47. The van der Waals surface area contributed by atoms with Gasteiger partial charge in [0.1, 0.15) is 0 Å². The largest absolute Gasteiger partial charge is 0.474 e. The van der Waals surface area contributed by atoms with E-state index in [4.69, 9.17) is 18.3 Å². The lowest BCUT2D eigenvalue weighted by Crippen LogP contribution is -2.21. The average molecular weight is 455 g/mol. The van der Waals surface area contributed by atoms with Crippen molar-refractivity contribution in [2.75, 3.05) is 34.0 Å². The van der Waals surface area contributed by atoms with E-state index in [-0.39, 0.29) is 17.0 Å². The Bertz CT molecular complexity index is 427. The van der Waals surface area contributed by atoms with Crippen LogP contribution in [0.5, 0.6) is 0 Å². The Morgan fingerprint density at radius 3 is 1.97 bits per heavy atom. The first-order valence-corrected chi connectivity index (χ1v) is 13.5. The van der Waals surface area contributed by atoms with Crippen molar-refractivity contribution in [2.45, 2.75) is 96.1 Å². The van der Waals surface area contributed by atoms with Gasteiger partial charge in [0, 0.05) is 27.2 Å². The number of rotatable bonds is 21. The van der Waals surface area contributed by atoms with Crippen LogP contribution >= 0.6 is 19.6 Å². The summed E-state index contributed by atoms with van der Waals surface area (Å²) in [6, 6.07) is 0. The molecule has 0 aliphatic carbocycles. The first kappa shape index (κ1) is 29.1. The summed E-state index contributed by atoms with van der Waals surface area (Å²) in [6.45, 7) is 5.52. The maximum absolute atomic E-state index is 12.3. The summed E-state index contributed by atoms with van der Waals surface area (Å²) < 4.78 is 32.8. The molecule has 6 nitrogen and oxygen atoms in total. The van der Waals surface area contributed by atoms with Crippen LogP contribution in [-0.2, 0) is 27.7 Å². The number of phosphoric ester groups is 1. The predicted octanol–water partition coefficient (Wildman–Crippen LogP) is 6.77. The summed E-state index contributed by atoms with van der Waals surface area (Å²) in [6.07, 6.45) is 13.3. The van der Waals surface area contributed by atoms with Crippen LogP contribution in [0.1, 0.15) is 90.9 Å². The van der Waals surface area contributed by atoms with Crippen LogP contribution in [0.25, 0.3) is 0 Å². The van der Waals surface area contributed by atoms with E-state index in [2.05, 4.69) is 13.8 Å². The molecule has 0 amide bonds. The molecule has 0 aromatic rings. The summed E-state index contributed by atoms with van der Waals surface area (Å²) in [5.41, 5.74) is 0. The van der Waals surface area contributed by atoms with E-state index >= 15 is 0 Å². The van der Waals surface area contributed by atoms with Crippen LogP contribution in [0.2, 0.25) is 0 Å². The monoisotopic (exact) mass is 454 g/mol. The Morgan fingerprint density at radius 1 is 0.828 bits per heavy atom. The van der Waals surface area contributed by atoms with E-state index < -0.39 is 7.82 Å². The molecule has 0 aliphatic rings. The molecule has 0 heterocycles. The molecule has 0 bridgehead atoms. The van der Waals surface area contributed by atoms with Gasteiger partial charge in [-0.15, -0.1) is 0 Å². The molecular formula is C21H43O6PS. The Morgan fingerprint density at radius 2 is 1.38 bits per heavy atom. The van der Waals surface area contributed by atoms with Crippen molar-refractivity contribution in [2.24, 2.45) is 0 Å². The van der Waals surface area contributed by atoms with Crippen molar-refractivity contribution in [1.82, 2.24) is 0 Å². The summed E-state index contributed by atoms with van der Waals surface area (Å²) in [5.74, 6) is 0. The lowest BCUT2D eigenvalue weighted by Gasteiger charge is -2.19. The first-order chi connectivity index (χ1) is 14.0. The van der Waals surface area contributed by atoms with Crippen LogP contribution in [0.3, 0.4) is 0 Å². The molecule has 0 radical (unpaired) electrons. The highest BCUT2D eigenvalue weighted by atomic mass is 32.2. The maximum Gasteiger partial charge on any atom is 0.474 e. The van der Waals surface area contributed by atoms with Gasteiger partial charge in [0.05, 0.1) is 18.5 Å². The molecule has 0 fully saturated rings. The lowest BCUT2D eigenvalue weighted by molar-refractivity contribution is -0.111. The van der Waals surface area contributed by atoms with E-state index in [1.807, 2.05) is 0 Å². The standard InChI is InChI=1S/C21H43O6PS/c1-5-7-9-11-13-15-17-26-18-20(19-27-28(23,24-3)25-4)29-21(22)16-14-12-10-8-6-2/h20H,5-19H2,1-4H3/t20-/m1/s1. The SMILES string of the molecule is CCCCCCCCOC[C@H](COP(=O)(OC)OC)SC(=O)CCCCCCC. The minimum Gasteiger partial charge on any atom is -0.380 e. The zero-order valence-electron chi connectivity index (χ0n) is 19.0. The van der Waals surface area contributed by atoms with Crippen molar-refractivity contribution >= 4 is 24.7 Å². The molecule has 0 aliphatic heterocycles. The number of ether oxygens (including phenoxy) is 1. The van der Waals surface area contributed by atoms with Gasteiger partial charge >= 0.3 is 7.82 Å². The average Bonchev–Trinajstić information content (AvgIpc) is 2.73. The molecule has 1 atom stereocenters. The maximum atomic E-state index is 12.3. The summed E-state index contributed by atoms with van der Waals surface area (Å²) in [5, 5.41) is -0.0974. The second-order valence-electron chi connectivity index (χ2n) is 7.23. The molecule has 29 heavy (non-hydrogen) atoms. The van der Waals surface area contributed by atoms with Crippen LogP contribution < -0.4 is 0 Å². The van der Waals surface area contributed by atoms with Gasteiger partial charge in [0.25, 0.3) is 0 Å². The highest BCUT2D eigenvalue weighted by molar-refractivity contribution is 8.14. The van der Waals surface area contributed by atoms with Crippen LogP contribution in [0.4, 0.5) is 0 Å². The summed E-state index contributed by atoms with van der Waals surface area (Å²) >= 11 is 1.22. The third-order valence-corrected chi connectivity index (χ3v) is 7.03. The molecule has 0 saturated carbocycles. The summed E-state index contributed by atoms with van der Waals surface area (Å²) in [7, 11) is -0.992. The van der Waals surface area contributed by atoms with Crippen molar-refractivity contribution in [3.63, 3.8) is 0 Å². The third-order valence-electron chi connectivity index (χ3n) is 4.59. The van der Waals surface area contributed by atoms with E-state index in [0.717, 1.165) is 25.7 Å². The quantitative estimate of drug-likeness (QED) is 0.140. The topological polar surface area (TPSA) is 71.1 Å². The van der Waals surface area contributed by atoms with Gasteiger partial charge in [-0.1, -0.05) is 83.4 Å². The smallest absolute Gasteiger partial charge is 0.380 e. The Hall–Kier alpha value is 0.0900. The Kier molecular flexibility index (Phi) is 20.1. The molecule has 0 unspecified atom stereocenters. The molecule has 0 spiro atoms. The van der Waals surface area contributed by atoms with Crippen LogP contribution in [0.15, 0.2) is 0 Å². The van der Waals surface area contributed by atoms with Crippen molar-refractivity contribution < 1.29 is 27.7 Å². The number of hydrogen-bond donors (Lipinski definition) is 0. The normalized spacial score (nSPS) is 13.0. The molecule has 0 aromatic carbocycles. The zero-order chi connectivity index (χ0) is 21.8. The fourth-order valence-electron chi connectivity index (χ4n) is 2.79. The van der Waals surface area contributed by atoms with E-state index in [1.165, 1.54) is 70.9 Å². The van der Waals surface area contributed by atoms with E-state index in [9.17, 15) is 9.36 Å². The van der Waals surface area contributed by atoms with Crippen molar-refractivity contribution in [3.05, 3.63) is 0 Å². The fourth-order valence-corrected chi connectivity index (χ4v) is 4.55. The minimum atomic E-state index is -3.55. The number of hydrogen-bond acceptors (Lipinski definition) is 7. The second-order valence-corrected chi connectivity index (χ2v) is 10.5. The Balaban J connectivity index is 4.27. The number of thioether (sulfide) groups is 1. The number of phosphoric acid groups is 1. The first-order valence-electron chi connectivity index (χ1n) is 11.1. The molecule has 0 aromatic heterocycles. The van der Waals surface area contributed by atoms with Gasteiger partial charge in [-0.25, -0.2) is 4.57 Å². The minimum absolute atomic E-state index is 0.0850. The molecular weight excluding hydrogens is 411 g/mol. The molecule has 0 N–H and O–H groups in total. The lowest BCUT2D eigenvalue weighted by atomic mass is 10.1. The van der Waals surface area contributed by atoms with Gasteiger partial charge < -0.3 is 4.74 Å². The molecule has 174 valence electrons. The molecule has 8 heteroatoms. The van der Waals surface area contributed by atoms with Crippen LogP contribution in [0, 0.1) is 0 Å². The Labute approximate surface area is 182 Å². The fraction of sp³-hybridized carbons (Fsp3) is 0.952. The van der Waals surface area contributed by atoms with Crippen LogP contribution in [-0.4, -0.2) is 44.4 Å². The zero-order valence-corrected chi connectivity index (χ0v) is 20.7. The van der Waals surface area contributed by atoms with Gasteiger partial charge in [-0.05, 0) is 12.8 Å². The highest BCUT2D eigenvalue weighted by Gasteiger charge is 2.26. The van der Waals surface area contributed by atoms with Crippen molar-refractivity contribution in [1.29, 1.82) is 0 Å². The molecule has 0 rings (SSSR count). The van der Waals surface area contributed by atoms with Gasteiger partial charge in [-0.2, -0.15) is 0 Å². The number of carbonyl (C=O) groups excluding carboxylic acids is 1. The predicted molar refractivity (Wildman–Crippen MR) is 122 cm³/mol. The number of unbranched alkanes of at least 4 members (excludes halogenated alkanes) is 9. The van der Waals surface area contributed by atoms with Gasteiger partial charge in [0.15, 0.2) is 5.12 Å². The second kappa shape index (κ2) is 20.0. The van der Waals surface area contributed by atoms with E-state index in [0.29, 0.717) is 19.6 Å². The van der Waals surface area contributed by atoms with Crippen molar-refractivity contribution in [3.8, 4) is 0 Å². The van der Waals surface area contributed by atoms with Gasteiger partial charge in [0.2, 0.25) is 0 Å². The summed E-state index contributed by atoms with van der Waals surface area (Å²) in [4.78, 5) is 12.3. The van der Waals surface area contributed by atoms with Gasteiger partial charge in [-0.3, -0.25) is 18.4 Å². The number of carbonyl (C=O) groups is 1. The molecule has 0 saturated heterocycles. The third kappa shape index (κ3) is 17.5. The van der Waals surface area contributed by atoms with E-state index in [1.54, 1.807) is 0 Å².